The monoisotopic (exact) mass is 462 g/mol. The summed E-state index contributed by atoms with van der Waals surface area (Å²) in [6.45, 7) is 0. The maximum Gasteiger partial charge on any atom is 0.253 e. The standard InChI is InChI=1S/C29H26N4O2/c1-32(2)29(34)21-11-9-20(10-12-21)27-19-25-26(33(27)3)17-18-30-28(25)31-22-13-15-24(16-14-22)35-23-7-5-4-6-8-23/h4-19H,1-3H3,(H,30,31). The molecule has 6 heteroatoms. The number of carbonyl (C=O) groups excluding carboxylic acids is 1. The highest BCUT2D eigenvalue weighted by atomic mass is 16.5. The zero-order valence-corrected chi connectivity index (χ0v) is 19.9. The van der Waals surface area contributed by atoms with Crippen molar-refractivity contribution in [1.82, 2.24) is 14.5 Å². The Kier molecular flexibility index (Phi) is 5.94. The molecule has 1 N–H and O–H groups in total. The van der Waals surface area contributed by atoms with Crippen LogP contribution in [0.4, 0.5) is 11.5 Å². The molecule has 6 nitrogen and oxygen atoms in total. The second kappa shape index (κ2) is 9.35. The fourth-order valence-corrected chi connectivity index (χ4v) is 4.05. The molecule has 1 amide bonds. The summed E-state index contributed by atoms with van der Waals surface area (Å²) < 4.78 is 8.03. The summed E-state index contributed by atoms with van der Waals surface area (Å²) in [7, 11) is 5.55. The first-order valence-electron chi connectivity index (χ1n) is 11.4. The molecule has 5 rings (SSSR count). The van der Waals surface area contributed by atoms with Gasteiger partial charge in [-0.2, -0.15) is 0 Å². The van der Waals surface area contributed by atoms with E-state index in [1.165, 1.54) is 0 Å². The first-order chi connectivity index (χ1) is 17.0. The van der Waals surface area contributed by atoms with E-state index in [1.807, 2.05) is 92.0 Å². The maximum atomic E-state index is 12.2. The number of hydrogen-bond donors (Lipinski definition) is 1. The molecule has 2 heterocycles. The number of rotatable bonds is 6. The summed E-state index contributed by atoms with van der Waals surface area (Å²) in [5.74, 6) is 2.34. The fourth-order valence-electron chi connectivity index (χ4n) is 4.05. The van der Waals surface area contributed by atoms with Gasteiger partial charge in [0.15, 0.2) is 0 Å². The molecular formula is C29H26N4O2. The van der Waals surface area contributed by atoms with Gasteiger partial charge in [0, 0.05) is 49.7 Å². The van der Waals surface area contributed by atoms with Crippen LogP contribution in [0.5, 0.6) is 11.5 Å². The van der Waals surface area contributed by atoms with Gasteiger partial charge in [0.05, 0.1) is 5.52 Å². The summed E-state index contributed by atoms with van der Waals surface area (Å²) in [6, 6.07) is 29.4. The molecule has 0 unspecified atom stereocenters. The first-order valence-corrected chi connectivity index (χ1v) is 11.4. The van der Waals surface area contributed by atoms with Gasteiger partial charge >= 0.3 is 0 Å². The summed E-state index contributed by atoms with van der Waals surface area (Å²) in [4.78, 5) is 18.4. The number of aromatic nitrogens is 2. The predicted molar refractivity (Wildman–Crippen MR) is 140 cm³/mol. The first kappa shape index (κ1) is 22.2. The zero-order valence-electron chi connectivity index (χ0n) is 19.9. The van der Waals surface area contributed by atoms with Gasteiger partial charge in [0.25, 0.3) is 5.91 Å². The second-order valence-corrected chi connectivity index (χ2v) is 8.52. The molecule has 0 spiro atoms. The molecule has 3 aromatic carbocycles. The number of hydrogen-bond acceptors (Lipinski definition) is 4. The van der Waals surface area contributed by atoms with Crippen LogP contribution in [0.3, 0.4) is 0 Å². The Morgan fingerprint density at radius 2 is 1.57 bits per heavy atom. The number of fused-ring (bicyclic) bond motifs is 1. The number of benzene rings is 3. The summed E-state index contributed by atoms with van der Waals surface area (Å²) >= 11 is 0. The van der Waals surface area contributed by atoms with Crippen molar-refractivity contribution >= 4 is 28.3 Å². The normalized spacial score (nSPS) is 10.8. The lowest BCUT2D eigenvalue weighted by Gasteiger charge is -2.11. The molecule has 0 bridgehead atoms. The van der Waals surface area contributed by atoms with Gasteiger partial charge in [-0.3, -0.25) is 4.79 Å². The van der Waals surface area contributed by atoms with Gasteiger partial charge in [-0.1, -0.05) is 30.3 Å². The van der Waals surface area contributed by atoms with Crippen LogP contribution in [-0.4, -0.2) is 34.5 Å². The van der Waals surface area contributed by atoms with Crippen molar-refractivity contribution in [3.8, 4) is 22.8 Å². The highest BCUT2D eigenvalue weighted by molar-refractivity contribution is 5.97. The van der Waals surface area contributed by atoms with Gasteiger partial charge in [-0.25, -0.2) is 4.98 Å². The maximum absolute atomic E-state index is 12.2. The lowest BCUT2D eigenvalue weighted by atomic mass is 10.1. The summed E-state index contributed by atoms with van der Waals surface area (Å²) in [5.41, 5.74) is 4.73. The number of amides is 1. The number of aryl methyl sites for hydroxylation is 1. The second-order valence-electron chi connectivity index (χ2n) is 8.52. The Labute approximate surface area is 204 Å². The van der Waals surface area contributed by atoms with E-state index in [9.17, 15) is 4.79 Å². The van der Waals surface area contributed by atoms with Crippen molar-refractivity contribution in [2.24, 2.45) is 7.05 Å². The molecule has 0 fully saturated rings. The SMILES string of the molecule is CN(C)C(=O)c1ccc(-c2cc3c(Nc4ccc(Oc5ccccc5)cc4)nccc3n2C)cc1. The van der Waals surface area contributed by atoms with Crippen LogP contribution in [0.15, 0.2) is 97.2 Å². The van der Waals surface area contributed by atoms with Gasteiger partial charge < -0.3 is 19.5 Å². The molecule has 0 aliphatic carbocycles. The summed E-state index contributed by atoms with van der Waals surface area (Å²) in [5, 5.41) is 4.45. The molecule has 5 aromatic rings. The molecule has 0 saturated heterocycles. The zero-order chi connectivity index (χ0) is 24.4. The number of pyridine rings is 1. The lowest BCUT2D eigenvalue weighted by Crippen LogP contribution is -2.21. The van der Waals surface area contributed by atoms with Gasteiger partial charge in [0.1, 0.15) is 17.3 Å². The minimum atomic E-state index is -0.00975. The molecule has 0 atom stereocenters. The van der Waals surface area contributed by atoms with E-state index < -0.39 is 0 Å². The van der Waals surface area contributed by atoms with E-state index in [-0.39, 0.29) is 5.91 Å². The molecule has 0 radical (unpaired) electrons. The Morgan fingerprint density at radius 1 is 0.886 bits per heavy atom. The Bertz CT molecular complexity index is 1470. The van der Waals surface area contributed by atoms with E-state index in [4.69, 9.17) is 4.74 Å². The van der Waals surface area contributed by atoms with Crippen LogP contribution in [-0.2, 0) is 7.05 Å². The summed E-state index contributed by atoms with van der Waals surface area (Å²) in [6.07, 6.45) is 1.81. The van der Waals surface area contributed by atoms with E-state index in [0.717, 1.165) is 45.2 Å². The van der Waals surface area contributed by atoms with Gasteiger partial charge in [0.2, 0.25) is 0 Å². The van der Waals surface area contributed by atoms with Crippen molar-refractivity contribution in [3.63, 3.8) is 0 Å². The minimum Gasteiger partial charge on any atom is -0.457 e. The lowest BCUT2D eigenvalue weighted by molar-refractivity contribution is 0.0827. The average molecular weight is 463 g/mol. The minimum absolute atomic E-state index is 0.00975. The number of nitrogens with one attached hydrogen (secondary N) is 1. The number of para-hydroxylation sites is 1. The van der Waals surface area contributed by atoms with Gasteiger partial charge in [-0.15, -0.1) is 0 Å². The van der Waals surface area contributed by atoms with Crippen molar-refractivity contribution < 1.29 is 9.53 Å². The topological polar surface area (TPSA) is 59.4 Å². The van der Waals surface area contributed by atoms with Gasteiger partial charge in [-0.05, 0) is 66.2 Å². The Hall–Kier alpha value is -4.58. The van der Waals surface area contributed by atoms with Crippen LogP contribution < -0.4 is 10.1 Å². The molecule has 0 aliphatic rings. The fraction of sp³-hybridized carbons (Fsp3) is 0.103. The molecule has 35 heavy (non-hydrogen) atoms. The van der Waals surface area contributed by atoms with Crippen molar-refractivity contribution in [1.29, 1.82) is 0 Å². The van der Waals surface area contributed by atoms with Crippen molar-refractivity contribution in [2.45, 2.75) is 0 Å². The van der Waals surface area contributed by atoms with Crippen LogP contribution in [0, 0.1) is 0 Å². The highest BCUT2D eigenvalue weighted by Gasteiger charge is 2.14. The van der Waals surface area contributed by atoms with Crippen LogP contribution in [0.2, 0.25) is 0 Å². The van der Waals surface area contributed by atoms with Crippen molar-refractivity contribution in [2.75, 3.05) is 19.4 Å². The third kappa shape index (κ3) is 4.59. The predicted octanol–water partition coefficient (Wildman–Crippen LogP) is 6.48. The molecule has 174 valence electrons. The van der Waals surface area contributed by atoms with Crippen molar-refractivity contribution in [3.05, 3.63) is 103 Å². The molecular weight excluding hydrogens is 436 g/mol. The number of nitrogens with zero attached hydrogens (tertiary/aromatic N) is 3. The molecule has 0 saturated carbocycles. The van der Waals surface area contributed by atoms with E-state index in [1.54, 1.807) is 25.2 Å². The molecule has 0 aliphatic heterocycles. The number of anilines is 2. The van der Waals surface area contributed by atoms with Crippen LogP contribution >= 0.6 is 0 Å². The number of carbonyl (C=O) groups is 1. The highest BCUT2D eigenvalue weighted by Crippen LogP contribution is 2.32. The van der Waals surface area contributed by atoms with Crippen LogP contribution in [0.1, 0.15) is 10.4 Å². The van der Waals surface area contributed by atoms with Crippen LogP contribution in [0.25, 0.3) is 22.2 Å². The Balaban J connectivity index is 1.40. The van der Waals surface area contributed by atoms with E-state index >= 15 is 0 Å². The Morgan fingerprint density at radius 3 is 2.26 bits per heavy atom. The quantitative estimate of drug-likeness (QED) is 0.314. The third-order valence-electron chi connectivity index (χ3n) is 5.90. The van der Waals surface area contributed by atoms with E-state index in [0.29, 0.717) is 5.56 Å². The largest absolute Gasteiger partial charge is 0.457 e. The smallest absolute Gasteiger partial charge is 0.253 e. The average Bonchev–Trinajstić information content (AvgIpc) is 3.23. The number of ether oxygens (including phenoxy) is 1. The van der Waals surface area contributed by atoms with E-state index in [2.05, 4.69) is 20.9 Å². The molecule has 2 aromatic heterocycles. The third-order valence-corrected chi connectivity index (χ3v) is 5.90.